The molecule has 126 valence electrons. The minimum absolute atomic E-state index is 0. The zero-order valence-corrected chi connectivity index (χ0v) is 14.1. The van der Waals surface area contributed by atoms with E-state index in [0.717, 1.165) is 31.6 Å². The lowest BCUT2D eigenvalue weighted by atomic mass is 9.97. The van der Waals surface area contributed by atoms with Crippen molar-refractivity contribution in [2.24, 2.45) is 5.92 Å². The Morgan fingerprint density at radius 1 is 1.22 bits per heavy atom. The van der Waals surface area contributed by atoms with Gasteiger partial charge in [-0.1, -0.05) is 18.2 Å². The number of rotatable bonds is 3. The number of para-hydroxylation sites is 1. The van der Waals surface area contributed by atoms with Gasteiger partial charge in [0.1, 0.15) is 6.04 Å². The van der Waals surface area contributed by atoms with Crippen LogP contribution < -0.4 is 15.5 Å². The van der Waals surface area contributed by atoms with Gasteiger partial charge in [-0.05, 0) is 51.4 Å². The van der Waals surface area contributed by atoms with E-state index in [-0.39, 0.29) is 36.2 Å². The first-order valence-electron chi connectivity index (χ1n) is 8.06. The van der Waals surface area contributed by atoms with Gasteiger partial charge in [0, 0.05) is 17.6 Å². The standard InChI is InChI=1S/C17H23N3O2.ClH/c1-12-11-15(19-16(21)13-7-9-18-10-8-13)17(22)20(12)14-5-3-2-4-6-14;/h2-6,12-13,15,18H,7-11H2,1H3,(H,19,21);1H. The van der Waals surface area contributed by atoms with Gasteiger partial charge in [0.25, 0.3) is 0 Å². The minimum Gasteiger partial charge on any atom is -0.344 e. The highest BCUT2D eigenvalue weighted by Gasteiger charge is 2.39. The molecular formula is C17H24ClN3O2. The highest BCUT2D eigenvalue weighted by Crippen LogP contribution is 2.27. The highest BCUT2D eigenvalue weighted by atomic mass is 35.5. The van der Waals surface area contributed by atoms with Crippen molar-refractivity contribution in [1.29, 1.82) is 0 Å². The van der Waals surface area contributed by atoms with E-state index in [1.165, 1.54) is 0 Å². The van der Waals surface area contributed by atoms with Gasteiger partial charge in [0.05, 0.1) is 0 Å². The summed E-state index contributed by atoms with van der Waals surface area (Å²) in [5.41, 5.74) is 0.901. The fourth-order valence-corrected chi connectivity index (χ4v) is 3.40. The molecule has 0 aromatic heterocycles. The van der Waals surface area contributed by atoms with E-state index in [1.807, 2.05) is 37.3 Å². The Morgan fingerprint density at radius 2 is 1.87 bits per heavy atom. The zero-order chi connectivity index (χ0) is 15.5. The van der Waals surface area contributed by atoms with Crippen LogP contribution in [0.25, 0.3) is 0 Å². The zero-order valence-electron chi connectivity index (χ0n) is 13.3. The lowest BCUT2D eigenvalue weighted by Gasteiger charge is -2.24. The number of piperidine rings is 1. The minimum atomic E-state index is -0.391. The molecule has 2 aliphatic rings. The maximum absolute atomic E-state index is 12.6. The van der Waals surface area contributed by atoms with Gasteiger partial charge in [-0.2, -0.15) is 0 Å². The third-order valence-corrected chi connectivity index (χ3v) is 4.61. The second-order valence-electron chi connectivity index (χ2n) is 6.21. The lowest BCUT2D eigenvalue weighted by Crippen LogP contribution is -2.46. The van der Waals surface area contributed by atoms with Gasteiger partial charge in [-0.15, -0.1) is 12.4 Å². The molecule has 2 atom stereocenters. The predicted octanol–water partition coefficient (Wildman–Crippen LogP) is 1.72. The normalized spacial score (nSPS) is 25.1. The number of anilines is 1. The largest absolute Gasteiger partial charge is 0.344 e. The molecule has 6 heteroatoms. The van der Waals surface area contributed by atoms with Gasteiger partial charge < -0.3 is 15.5 Å². The third-order valence-electron chi connectivity index (χ3n) is 4.61. The average Bonchev–Trinajstić information content (AvgIpc) is 2.83. The molecule has 2 heterocycles. The molecule has 0 aliphatic carbocycles. The molecule has 1 aromatic rings. The number of amides is 2. The van der Waals surface area contributed by atoms with Crippen LogP contribution in [0.5, 0.6) is 0 Å². The molecule has 0 bridgehead atoms. The number of halogens is 1. The van der Waals surface area contributed by atoms with Crippen molar-refractivity contribution < 1.29 is 9.59 Å². The van der Waals surface area contributed by atoms with Crippen molar-refractivity contribution in [2.75, 3.05) is 18.0 Å². The second kappa shape index (κ2) is 7.79. The van der Waals surface area contributed by atoms with Crippen molar-refractivity contribution in [3.63, 3.8) is 0 Å². The van der Waals surface area contributed by atoms with Gasteiger partial charge in [0.15, 0.2) is 0 Å². The van der Waals surface area contributed by atoms with E-state index < -0.39 is 6.04 Å². The first kappa shape index (κ1) is 17.8. The number of nitrogens with zero attached hydrogens (tertiary/aromatic N) is 1. The number of carbonyl (C=O) groups excluding carboxylic acids is 2. The Kier molecular flexibility index (Phi) is 6.02. The van der Waals surface area contributed by atoms with Crippen LogP contribution >= 0.6 is 12.4 Å². The van der Waals surface area contributed by atoms with Crippen LogP contribution in [0.15, 0.2) is 30.3 Å². The van der Waals surface area contributed by atoms with E-state index >= 15 is 0 Å². The second-order valence-corrected chi connectivity index (χ2v) is 6.21. The SMILES string of the molecule is CC1CC(NC(=O)C2CCNCC2)C(=O)N1c1ccccc1.Cl. The summed E-state index contributed by atoms with van der Waals surface area (Å²) in [6.45, 7) is 3.79. The molecule has 1 aromatic carbocycles. The molecule has 23 heavy (non-hydrogen) atoms. The quantitative estimate of drug-likeness (QED) is 0.883. The summed E-state index contributed by atoms with van der Waals surface area (Å²) in [5, 5.41) is 6.22. The monoisotopic (exact) mass is 337 g/mol. The molecule has 5 nitrogen and oxygen atoms in total. The summed E-state index contributed by atoms with van der Waals surface area (Å²) in [5.74, 6) is 0.0677. The van der Waals surface area contributed by atoms with Crippen LogP contribution in [-0.2, 0) is 9.59 Å². The first-order valence-corrected chi connectivity index (χ1v) is 8.06. The summed E-state index contributed by atoms with van der Waals surface area (Å²) >= 11 is 0. The van der Waals surface area contributed by atoms with Crippen LogP contribution in [0, 0.1) is 5.92 Å². The third kappa shape index (κ3) is 3.85. The summed E-state index contributed by atoms with van der Waals surface area (Å²) in [4.78, 5) is 26.8. The molecule has 2 unspecified atom stereocenters. The fraction of sp³-hybridized carbons (Fsp3) is 0.529. The summed E-state index contributed by atoms with van der Waals surface area (Å²) in [6.07, 6.45) is 2.37. The first-order chi connectivity index (χ1) is 10.7. The van der Waals surface area contributed by atoms with E-state index in [9.17, 15) is 9.59 Å². The molecule has 0 radical (unpaired) electrons. The Balaban J connectivity index is 0.00000192. The van der Waals surface area contributed by atoms with E-state index in [4.69, 9.17) is 0 Å². The average molecular weight is 338 g/mol. The Hall–Kier alpha value is -1.59. The molecular weight excluding hydrogens is 314 g/mol. The lowest BCUT2D eigenvalue weighted by molar-refractivity contribution is -0.129. The fourth-order valence-electron chi connectivity index (χ4n) is 3.40. The van der Waals surface area contributed by atoms with Crippen LogP contribution in [0.3, 0.4) is 0 Å². The summed E-state index contributed by atoms with van der Waals surface area (Å²) < 4.78 is 0. The maximum atomic E-state index is 12.6. The van der Waals surface area contributed by atoms with Crippen LogP contribution in [0.1, 0.15) is 26.2 Å². The Bertz CT molecular complexity index is 546. The predicted molar refractivity (Wildman–Crippen MR) is 92.8 cm³/mol. The number of nitrogens with one attached hydrogen (secondary N) is 2. The highest BCUT2D eigenvalue weighted by molar-refractivity contribution is 6.02. The molecule has 0 spiro atoms. The van der Waals surface area contributed by atoms with E-state index in [1.54, 1.807) is 4.90 Å². The number of benzene rings is 1. The van der Waals surface area contributed by atoms with Gasteiger partial charge >= 0.3 is 0 Å². The van der Waals surface area contributed by atoms with Crippen molar-refractivity contribution in [3.05, 3.63) is 30.3 Å². The van der Waals surface area contributed by atoms with Crippen LogP contribution in [0.2, 0.25) is 0 Å². The Labute approximate surface area is 143 Å². The van der Waals surface area contributed by atoms with Gasteiger partial charge in [0.2, 0.25) is 11.8 Å². The molecule has 2 saturated heterocycles. The van der Waals surface area contributed by atoms with Crippen LogP contribution in [0.4, 0.5) is 5.69 Å². The number of hydrogen-bond acceptors (Lipinski definition) is 3. The van der Waals surface area contributed by atoms with Gasteiger partial charge in [-0.3, -0.25) is 9.59 Å². The van der Waals surface area contributed by atoms with E-state index in [0.29, 0.717) is 6.42 Å². The molecule has 2 amide bonds. The molecule has 2 N–H and O–H groups in total. The maximum Gasteiger partial charge on any atom is 0.249 e. The van der Waals surface area contributed by atoms with Crippen molar-refractivity contribution >= 4 is 29.9 Å². The van der Waals surface area contributed by atoms with Crippen molar-refractivity contribution in [3.8, 4) is 0 Å². The van der Waals surface area contributed by atoms with Crippen LogP contribution in [-0.4, -0.2) is 37.0 Å². The topological polar surface area (TPSA) is 61.4 Å². The number of carbonyl (C=O) groups is 2. The molecule has 2 aliphatic heterocycles. The van der Waals surface area contributed by atoms with Crippen molar-refractivity contribution in [1.82, 2.24) is 10.6 Å². The number of hydrogen-bond donors (Lipinski definition) is 2. The summed E-state index contributed by atoms with van der Waals surface area (Å²) in [7, 11) is 0. The molecule has 2 fully saturated rings. The molecule has 0 saturated carbocycles. The Morgan fingerprint density at radius 3 is 2.52 bits per heavy atom. The molecule has 3 rings (SSSR count). The van der Waals surface area contributed by atoms with E-state index in [2.05, 4.69) is 10.6 Å². The van der Waals surface area contributed by atoms with Crippen molar-refractivity contribution in [2.45, 2.75) is 38.3 Å². The smallest absolute Gasteiger partial charge is 0.249 e. The van der Waals surface area contributed by atoms with Gasteiger partial charge in [-0.25, -0.2) is 0 Å². The summed E-state index contributed by atoms with van der Waals surface area (Å²) in [6, 6.07) is 9.37.